The van der Waals surface area contributed by atoms with Crippen LogP contribution in [0.3, 0.4) is 0 Å². The van der Waals surface area contributed by atoms with Gasteiger partial charge in [-0.15, -0.1) is 12.6 Å². The summed E-state index contributed by atoms with van der Waals surface area (Å²) in [6, 6.07) is 13.3. The predicted molar refractivity (Wildman–Crippen MR) is 86.4 cm³/mol. The van der Waals surface area contributed by atoms with Gasteiger partial charge in [0.1, 0.15) is 6.61 Å². The van der Waals surface area contributed by atoms with Crippen LogP contribution in [0.5, 0.6) is 0 Å². The summed E-state index contributed by atoms with van der Waals surface area (Å²) in [5.74, 6) is 0. The van der Waals surface area contributed by atoms with Crippen molar-refractivity contribution in [3.05, 3.63) is 58.1 Å². The van der Waals surface area contributed by atoms with Gasteiger partial charge in [-0.25, -0.2) is 4.79 Å². The lowest BCUT2D eigenvalue weighted by Gasteiger charge is -2.12. The summed E-state index contributed by atoms with van der Waals surface area (Å²) < 4.78 is 5.95. The fraction of sp³-hybridized carbons (Fsp3) is 0.133. The minimum Gasteiger partial charge on any atom is -0.444 e. The molecule has 0 aliphatic heterocycles. The topological polar surface area (TPSA) is 38.3 Å². The Labute approximate surface area is 131 Å². The highest BCUT2D eigenvalue weighted by molar-refractivity contribution is 9.10. The summed E-state index contributed by atoms with van der Waals surface area (Å²) >= 11 is 7.78. The zero-order valence-electron chi connectivity index (χ0n) is 10.9. The normalized spacial score (nSPS) is 10.2. The molecule has 2 aromatic rings. The number of nitrogens with one attached hydrogen (secondary N) is 1. The van der Waals surface area contributed by atoms with E-state index in [1.54, 1.807) is 0 Å². The zero-order valence-corrected chi connectivity index (χ0v) is 13.4. The van der Waals surface area contributed by atoms with Crippen molar-refractivity contribution in [3.63, 3.8) is 0 Å². The highest BCUT2D eigenvalue weighted by Gasteiger charge is 2.11. The average Bonchev–Trinajstić information content (AvgIpc) is 2.46. The molecule has 20 heavy (non-hydrogen) atoms. The summed E-state index contributed by atoms with van der Waals surface area (Å²) in [6.45, 7) is 2.16. The highest BCUT2D eigenvalue weighted by atomic mass is 79.9. The Morgan fingerprint density at radius 1 is 1.25 bits per heavy atom. The van der Waals surface area contributed by atoms with E-state index in [2.05, 4.69) is 33.9 Å². The van der Waals surface area contributed by atoms with Gasteiger partial charge in [0.15, 0.2) is 0 Å². The van der Waals surface area contributed by atoms with Gasteiger partial charge in [0.05, 0.1) is 5.69 Å². The standard InChI is InChI=1S/C15H14BrNO2S/c1-10-7-8-12(16)13(14(10)20)17-15(18)19-9-11-5-3-2-4-6-11/h2-8,20H,9H2,1H3,(H,17,18). The lowest BCUT2D eigenvalue weighted by Crippen LogP contribution is -2.14. The van der Waals surface area contributed by atoms with E-state index in [-0.39, 0.29) is 6.61 Å². The van der Waals surface area contributed by atoms with Crippen LogP contribution in [-0.4, -0.2) is 6.09 Å². The van der Waals surface area contributed by atoms with E-state index in [9.17, 15) is 4.79 Å². The van der Waals surface area contributed by atoms with Crippen molar-refractivity contribution in [2.75, 3.05) is 5.32 Å². The number of rotatable bonds is 3. The summed E-state index contributed by atoms with van der Waals surface area (Å²) in [7, 11) is 0. The van der Waals surface area contributed by atoms with Crippen LogP contribution in [0.25, 0.3) is 0 Å². The van der Waals surface area contributed by atoms with Crippen molar-refractivity contribution in [1.82, 2.24) is 0 Å². The molecular formula is C15H14BrNO2S. The number of amides is 1. The third kappa shape index (κ3) is 3.77. The lowest BCUT2D eigenvalue weighted by atomic mass is 10.2. The van der Waals surface area contributed by atoms with Gasteiger partial charge in [0.2, 0.25) is 0 Å². The zero-order chi connectivity index (χ0) is 14.5. The maximum absolute atomic E-state index is 11.8. The number of anilines is 1. The molecule has 5 heteroatoms. The first kappa shape index (κ1) is 14.9. The number of carbonyl (C=O) groups excluding carboxylic acids is 1. The Morgan fingerprint density at radius 2 is 1.95 bits per heavy atom. The second-order valence-corrected chi connectivity index (χ2v) is 5.58. The molecule has 0 aliphatic carbocycles. The number of ether oxygens (including phenoxy) is 1. The van der Waals surface area contributed by atoms with E-state index in [1.165, 1.54) is 0 Å². The Kier molecular flexibility index (Phi) is 5.09. The third-order valence-corrected chi connectivity index (χ3v) is 4.01. The minimum atomic E-state index is -0.504. The molecule has 2 rings (SSSR count). The fourth-order valence-corrected chi connectivity index (χ4v) is 2.48. The molecule has 0 aromatic heterocycles. The van der Waals surface area contributed by atoms with E-state index in [0.717, 1.165) is 20.5 Å². The van der Waals surface area contributed by atoms with Crippen molar-refractivity contribution in [3.8, 4) is 0 Å². The van der Waals surface area contributed by atoms with Crippen LogP contribution >= 0.6 is 28.6 Å². The van der Waals surface area contributed by atoms with Gasteiger partial charge in [0.25, 0.3) is 0 Å². The molecule has 0 bridgehead atoms. The predicted octanol–water partition coefficient (Wildman–Crippen LogP) is 4.79. The Hall–Kier alpha value is -1.46. The van der Waals surface area contributed by atoms with Gasteiger partial charge >= 0.3 is 6.09 Å². The van der Waals surface area contributed by atoms with E-state index in [4.69, 9.17) is 4.74 Å². The number of hydrogen-bond donors (Lipinski definition) is 2. The molecule has 0 radical (unpaired) electrons. The first-order valence-corrected chi connectivity index (χ1v) is 7.27. The van der Waals surface area contributed by atoms with E-state index >= 15 is 0 Å². The molecule has 2 aromatic carbocycles. The van der Waals surface area contributed by atoms with Crippen LogP contribution in [0.15, 0.2) is 51.8 Å². The second kappa shape index (κ2) is 6.81. The van der Waals surface area contributed by atoms with E-state index in [1.807, 2.05) is 49.4 Å². The SMILES string of the molecule is Cc1ccc(Br)c(NC(=O)OCc2ccccc2)c1S. The maximum Gasteiger partial charge on any atom is 0.412 e. The number of aryl methyl sites for hydroxylation is 1. The Morgan fingerprint density at radius 3 is 2.65 bits per heavy atom. The van der Waals surface area contributed by atoms with E-state index in [0.29, 0.717) is 5.69 Å². The van der Waals surface area contributed by atoms with Crippen LogP contribution in [0.2, 0.25) is 0 Å². The molecule has 3 nitrogen and oxygen atoms in total. The molecule has 104 valence electrons. The maximum atomic E-state index is 11.8. The molecular weight excluding hydrogens is 338 g/mol. The summed E-state index contributed by atoms with van der Waals surface area (Å²) in [5, 5.41) is 2.71. The van der Waals surface area contributed by atoms with Crippen LogP contribution < -0.4 is 5.32 Å². The second-order valence-electron chi connectivity index (χ2n) is 4.27. The number of halogens is 1. The minimum absolute atomic E-state index is 0.234. The number of carbonyl (C=O) groups is 1. The van der Waals surface area contributed by atoms with Crippen LogP contribution in [0.1, 0.15) is 11.1 Å². The van der Waals surface area contributed by atoms with Crippen LogP contribution in [0.4, 0.5) is 10.5 Å². The first-order chi connectivity index (χ1) is 9.58. The molecule has 0 atom stereocenters. The molecule has 1 amide bonds. The van der Waals surface area contributed by atoms with Crippen molar-refractivity contribution in [2.45, 2.75) is 18.4 Å². The van der Waals surface area contributed by atoms with Crippen molar-refractivity contribution in [2.24, 2.45) is 0 Å². The Balaban J connectivity index is 2.00. The van der Waals surface area contributed by atoms with Crippen molar-refractivity contribution >= 4 is 40.3 Å². The molecule has 0 saturated carbocycles. The number of benzene rings is 2. The van der Waals surface area contributed by atoms with Gasteiger partial charge < -0.3 is 4.74 Å². The van der Waals surface area contributed by atoms with Gasteiger partial charge in [-0.2, -0.15) is 0 Å². The monoisotopic (exact) mass is 351 g/mol. The molecule has 1 N–H and O–H groups in total. The molecule has 0 heterocycles. The van der Waals surface area contributed by atoms with Crippen LogP contribution in [0, 0.1) is 6.92 Å². The molecule has 0 aliphatic rings. The van der Waals surface area contributed by atoms with Gasteiger partial charge in [-0.05, 0) is 40.0 Å². The van der Waals surface area contributed by atoms with Crippen molar-refractivity contribution in [1.29, 1.82) is 0 Å². The molecule has 0 fully saturated rings. The quantitative estimate of drug-likeness (QED) is 0.779. The molecule has 0 spiro atoms. The van der Waals surface area contributed by atoms with Gasteiger partial charge in [-0.3, -0.25) is 5.32 Å². The largest absolute Gasteiger partial charge is 0.444 e. The highest BCUT2D eigenvalue weighted by Crippen LogP contribution is 2.31. The van der Waals surface area contributed by atoms with Crippen molar-refractivity contribution < 1.29 is 9.53 Å². The van der Waals surface area contributed by atoms with Gasteiger partial charge in [0, 0.05) is 9.37 Å². The summed E-state index contributed by atoms with van der Waals surface area (Å²) in [4.78, 5) is 12.5. The Bertz CT molecular complexity index is 617. The lowest BCUT2D eigenvalue weighted by molar-refractivity contribution is 0.155. The molecule has 0 unspecified atom stereocenters. The number of thiol groups is 1. The summed E-state index contributed by atoms with van der Waals surface area (Å²) in [6.07, 6.45) is -0.504. The fourth-order valence-electron chi connectivity index (χ4n) is 1.65. The molecule has 0 saturated heterocycles. The van der Waals surface area contributed by atoms with Gasteiger partial charge in [-0.1, -0.05) is 36.4 Å². The first-order valence-electron chi connectivity index (χ1n) is 6.03. The number of hydrogen-bond acceptors (Lipinski definition) is 3. The summed E-state index contributed by atoms with van der Waals surface area (Å²) in [5.41, 5.74) is 2.54. The third-order valence-electron chi connectivity index (χ3n) is 2.77. The van der Waals surface area contributed by atoms with E-state index < -0.39 is 6.09 Å². The average molecular weight is 352 g/mol. The smallest absolute Gasteiger partial charge is 0.412 e. The van der Waals surface area contributed by atoms with Crippen LogP contribution in [-0.2, 0) is 11.3 Å².